The van der Waals surface area contributed by atoms with Crippen LogP contribution in [0.4, 0.5) is 8.78 Å². The second-order valence-corrected chi connectivity index (χ2v) is 20.8. The van der Waals surface area contributed by atoms with Crippen LogP contribution in [0.15, 0.2) is 80.4 Å². The quantitative estimate of drug-likeness (QED) is 0.0840. The number of methoxy groups -OCH3 is 2. The van der Waals surface area contributed by atoms with Gasteiger partial charge >= 0.3 is 11.4 Å². The van der Waals surface area contributed by atoms with Gasteiger partial charge in [0.25, 0.3) is 11.1 Å². The van der Waals surface area contributed by atoms with Gasteiger partial charge < -0.3 is 38.6 Å². The maximum Gasteiger partial charge on any atom is 0.332 e. The van der Waals surface area contributed by atoms with E-state index in [4.69, 9.17) is 18.9 Å². The molecule has 8 aromatic rings. The molecule has 80 heavy (non-hydrogen) atoms. The molecule has 0 aliphatic carbocycles. The number of likely N-dealkylation sites (tertiary alicyclic amines) is 2. The van der Waals surface area contributed by atoms with Crippen LogP contribution in [0.2, 0.25) is 0 Å². The largest absolute Gasteiger partial charge is 0.496 e. The Bertz CT molecular complexity index is 3850. The fourth-order valence-corrected chi connectivity index (χ4v) is 12.4. The zero-order valence-electron chi connectivity index (χ0n) is 44.3. The Morgan fingerprint density at radius 1 is 0.662 bits per heavy atom. The SMILES string of the molecule is COc1ccc(F)cc1[C@H](Cn1c(=O)n([C@H]2CCN(C)C2=O)c(=O)c2c(C)c(-n3nccn3)sc21)OCCC=O.COc1ccc(F)cc1[C@H](Cn1c(=O)n([C@H]2CCN(C)C2=O)c(=O)c2c(C)c(-n3nccn3)sc21)OCCCO. The Morgan fingerprint density at radius 3 is 1.44 bits per heavy atom. The Hall–Kier alpha value is -8.05. The van der Waals surface area contributed by atoms with Gasteiger partial charge in [0.1, 0.15) is 73.4 Å². The number of carbonyl (C=O) groups excluding carboxylic acids is 3. The summed E-state index contributed by atoms with van der Waals surface area (Å²) in [6.45, 7) is 4.01. The molecule has 8 heterocycles. The molecule has 0 unspecified atom stereocenters. The van der Waals surface area contributed by atoms with E-state index in [9.17, 15) is 47.4 Å². The van der Waals surface area contributed by atoms with E-state index >= 15 is 0 Å². The number of carbonyl (C=O) groups is 3. The van der Waals surface area contributed by atoms with E-state index in [-0.39, 0.29) is 61.9 Å². The summed E-state index contributed by atoms with van der Waals surface area (Å²) in [5.41, 5.74) is -0.752. The van der Waals surface area contributed by atoms with Crippen LogP contribution in [0.3, 0.4) is 0 Å². The smallest absolute Gasteiger partial charge is 0.332 e. The number of thiophene rings is 2. The summed E-state index contributed by atoms with van der Waals surface area (Å²) in [5.74, 6) is -1.04. The number of aliphatic hydroxyl groups excluding tert-OH is 1. The van der Waals surface area contributed by atoms with E-state index < -0.39 is 58.4 Å². The fraction of sp³-hybridized carbons (Fsp3) is 0.404. The lowest BCUT2D eigenvalue weighted by molar-refractivity contribution is -0.130. The van der Waals surface area contributed by atoms with Gasteiger partial charge in [0, 0.05) is 69.1 Å². The zero-order valence-corrected chi connectivity index (χ0v) is 45.9. The Balaban J connectivity index is 0.000000194. The molecule has 10 rings (SSSR count). The van der Waals surface area contributed by atoms with Gasteiger partial charge in [-0.25, -0.2) is 27.5 Å². The first kappa shape index (κ1) is 56.7. The van der Waals surface area contributed by atoms with E-state index in [0.29, 0.717) is 92.1 Å². The first-order valence-electron chi connectivity index (χ1n) is 25.3. The molecular weight excluding hydrogens is 1090 g/mol. The predicted octanol–water partition coefficient (Wildman–Crippen LogP) is 3.82. The molecule has 0 spiro atoms. The summed E-state index contributed by atoms with van der Waals surface area (Å²) in [7, 11) is 6.12. The van der Waals surface area contributed by atoms with Crippen LogP contribution >= 0.6 is 22.7 Å². The van der Waals surface area contributed by atoms with Crippen LogP contribution in [-0.4, -0.2) is 142 Å². The molecule has 2 amide bonds. The normalized spacial score (nSPS) is 16.2. The number of likely N-dealkylation sites (N-methyl/N-ethyl adjacent to an activating group) is 2. The number of aldehydes is 1. The van der Waals surface area contributed by atoms with Gasteiger partial charge in [0.05, 0.1) is 69.5 Å². The predicted molar refractivity (Wildman–Crippen MR) is 288 cm³/mol. The van der Waals surface area contributed by atoms with E-state index in [1.165, 1.54) is 104 Å². The standard InChI is InChI=1S/C26H29FN6O6S.C26H27FN6O6S/c2*1-15-21-23(36)32(18-7-10-30(2)22(18)35)26(37)31(25(21)40-24(15)33-28-8-9-29-33)14-20(39-12-4-11-34)17-13-16(27)5-6-19(17)38-3/h5-6,8-9,13,18,20,34H,4,7,10-12,14H2,1-3H3;5-6,8-9,11,13,18,20H,4,7,10,12,14H2,1-3H3/t2*18-,20-/m00/s1. The molecular formula is C52H56F2N12O12S2. The molecule has 422 valence electrons. The highest BCUT2D eigenvalue weighted by Gasteiger charge is 2.37. The van der Waals surface area contributed by atoms with Crippen molar-refractivity contribution in [1.82, 2.24) is 58.1 Å². The number of nitrogens with zero attached hydrogens (tertiary/aromatic N) is 12. The van der Waals surface area contributed by atoms with Gasteiger partial charge in [-0.15, -0.1) is 9.59 Å². The Morgan fingerprint density at radius 2 is 1.07 bits per heavy atom. The van der Waals surface area contributed by atoms with Gasteiger partial charge in [-0.1, -0.05) is 22.7 Å². The molecule has 6 aromatic heterocycles. The van der Waals surface area contributed by atoms with Crippen LogP contribution in [0, 0.1) is 25.5 Å². The van der Waals surface area contributed by atoms with Gasteiger partial charge in [-0.3, -0.25) is 28.3 Å². The molecule has 0 saturated carbocycles. The maximum atomic E-state index is 14.4. The minimum absolute atomic E-state index is 0.00317. The Labute approximate surface area is 461 Å². The second-order valence-electron chi connectivity index (χ2n) is 18.9. The number of aromatic nitrogens is 10. The van der Waals surface area contributed by atoms with Gasteiger partial charge in [-0.05, 0) is 69.5 Å². The highest BCUT2D eigenvalue weighted by Crippen LogP contribution is 2.37. The molecule has 4 atom stereocenters. The molecule has 2 aliphatic heterocycles. The van der Waals surface area contributed by atoms with E-state index in [1.807, 2.05) is 0 Å². The third-order valence-electron chi connectivity index (χ3n) is 14.0. The van der Waals surface area contributed by atoms with Crippen molar-refractivity contribution >= 4 is 61.2 Å². The fourth-order valence-electron chi connectivity index (χ4n) is 9.96. The monoisotopic (exact) mass is 1140 g/mol. The Kier molecular flexibility index (Phi) is 17.1. The molecule has 0 radical (unpaired) electrons. The van der Waals surface area contributed by atoms with Crippen molar-refractivity contribution in [3.63, 3.8) is 0 Å². The van der Waals surface area contributed by atoms with E-state index in [0.717, 1.165) is 31.8 Å². The molecule has 2 aromatic carbocycles. The highest BCUT2D eigenvalue weighted by molar-refractivity contribution is 7.21. The third-order valence-corrected chi connectivity index (χ3v) is 16.6. The number of amides is 2. The molecule has 2 aliphatic rings. The van der Waals surface area contributed by atoms with Crippen LogP contribution in [0.25, 0.3) is 30.4 Å². The van der Waals surface area contributed by atoms with Crippen LogP contribution in [-0.2, 0) is 36.9 Å². The summed E-state index contributed by atoms with van der Waals surface area (Å²) < 4.78 is 56.5. The number of halogens is 2. The number of fused-ring (bicyclic) bond motifs is 2. The van der Waals surface area contributed by atoms with Crippen molar-refractivity contribution in [2.45, 2.75) is 76.9 Å². The summed E-state index contributed by atoms with van der Waals surface area (Å²) >= 11 is 2.30. The topological polar surface area (TPSA) is 264 Å². The summed E-state index contributed by atoms with van der Waals surface area (Å²) in [6.07, 6.45) is 5.86. The van der Waals surface area contributed by atoms with Crippen LogP contribution in [0.1, 0.15) is 72.2 Å². The third kappa shape index (κ3) is 10.7. The highest BCUT2D eigenvalue weighted by atomic mass is 32.1. The van der Waals surface area contributed by atoms with Crippen molar-refractivity contribution in [3.05, 3.63) is 137 Å². The number of aliphatic hydroxyl groups is 1. The molecule has 0 bridgehead atoms. The lowest BCUT2D eigenvalue weighted by atomic mass is 10.1. The van der Waals surface area contributed by atoms with Gasteiger partial charge in [0.15, 0.2) is 0 Å². The van der Waals surface area contributed by atoms with Crippen LogP contribution in [0.5, 0.6) is 11.5 Å². The minimum Gasteiger partial charge on any atom is -0.496 e. The van der Waals surface area contributed by atoms with Gasteiger partial charge in [-0.2, -0.15) is 20.4 Å². The van der Waals surface area contributed by atoms with Crippen molar-refractivity contribution < 1.29 is 47.2 Å². The molecule has 24 nitrogen and oxygen atoms in total. The first-order valence-corrected chi connectivity index (χ1v) is 26.9. The van der Waals surface area contributed by atoms with E-state index in [1.54, 1.807) is 27.9 Å². The number of aryl methyl sites for hydroxylation is 2. The number of hydrogen-bond donors (Lipinski definition) is 1. The molecule has 28 heteroatoms. The molecule has 2 fully saturated rings. The van der Waals surface area contributed by atoms with Crippen molar-refractivity contribution in [3.8, 4) is 21.5 Å². The average molecular weight is 1140 g/mol. The number of ether oxygens (including phenoxy) is 4. The number of benzene rings is 2. The van der Waals surface area contributed by atoms with Crippen molar-refractivity contribution in [1.29, 1.82) is 0 Å². The van der Waals surface area contributed by atoms with Crippen molar-refractivity contribution in [2.24, 2.45) is 0 Å². The number of hydrogen-bond acceptors (Lipinski definition) is 18. The molecule has 2 saturated heterocycles. The van der Waals surface area contributed by atoms with E-state index in [2.05, 4.69) is 20.4 Å². The minimum atomic E-state index is -0.968. The lowest BCUT2D eigenvalue weighted by Gasteiger charge is -2.23. The van der Waals surface area contributed by atoms with Crippen molar-refractivity contribution in [2.75, 3.05) is 61.2 Å². The summed E-state index contributed by atoms with van der Waals surface area (Å²) in [6, 6.07) is 6.01. The average Bonchev–Trinajstić information content (AvgIpc) is 4.49. The number of rotatable bonds is 20. The van der Waals surface area contributed by atoms with Gasteiger partial charge in [0.2, 0.25) is 11.8 Å². The van der Waals surface area contributed by atoms with Crippen LogP contribution < -0.4 is 32.0 Å². The summed E-state index contributed by atoms with van der Waals surface area (Å²) in [4.78, 5) is 99.2. The zero-order chi connectivity index (χ0) is 57.1. The molecule has 1 N–H and O–H groups in total. The second kappa shape index (κ2) is 24.1. The maximum absolute atomic E-state index is 14.4. The lowest BCUT2D eigenvalue weighted by Crippen LogP contribution is -2.44. The summed E-state index contributed by atoms with van der Waals surface area (Å²) in [5, 5.41) is 27.6. The first-order chi connectivity index (χ1) is 38.5.